The SMILES string of the molecule is CCOc1ccc(-c2noc(CCC(=O)N(C)CC(=O)Nc3ccccc3)n2)cc1. The average molecular weight is 408 g/mol. The van der Waals surface area contributed by atoms with Crippen LogP contribution in [0.1, 0.15) is 19.2 Å². The summed E-state index contributed by atoms with van der Waals surface area (Å²) in [6.45, 7) is 2.49. The highest BCUT2D eigenvalue weighted by Gasteiger charge is 2.15. The fraction of sp³-hybridized carbons (Fsp3) is 0.273. The molecule has 0 atom stereocenters. The van der Waals surface area contributed by atoms with Gasteiger partial charge in [0.05, 0.1) is 13.2 Å². The highest BCUT2D eigenvalue weighted by Crippen LogP contribution is 2.20. The number of para-hydroxylation sites is 1. The lowest BCUT2D eigenvalue weighted by Gasteiger charge is -2.16. The summed E-state index contributed by atoms with van der Waals surface area (Å²) in [6.07, 6.45) is 0.466. The van der Waals surface area contributed by atoms with E-state index in [2.05, 4.69) is 15.5 Å². The van der Waals surface area contributed by atoms with Gasteiger partial charge in [-0.1, -0.05) is 23.4 Å². The molecule has 0 bridgehead atoms. The first-order valence-corrected chi connectivity index (χ1v) is 9.70. The molecule has 8 nitrogen and oxygen atoms in total. The largest absolute Gasteiger partial charge is 0.494 e. The van der Waals surface area contributed by atoms with Gasteiger partial charge in [-0.05, 0) is 43.3 Å². The van der Waals surface area contributed by atoms with Crippen molar-refractivity contribution >= 4 is 17.5 Å². The predicted octanol–water partition coefficient (Wildman–Crippen LogP) is 3.17. The quantitative estimate of drug-likeness (QED) is 0.584. The molecule has 3 rings (SSSR count). The Morgan fingerprint density at radius 1 is 1.10 bits per heavy atom. The Morgan fingerprint density at radius 3 is 2.53 bits per heavy atom. The monoisotopic (exact) mass is 408 g/mol. The number of nitrogens with one attached hydrogen (secondary N) is 1. The summed E-state index contributed by atoms with van der Waals surface area (Å²) in [5, 5.41) is 6.72. The Balaban J connectivity index is 1.48. The molecule has 0 radical (unpaired) electrons. The molecule has 0 fully saturated rings. The Hall–Kier alpha value is -3.68. The number of hydrogen-bond donors (Lipinski definition) is 1. The Bertz CT molecular complexity index is 970. The lowest BCUT2D eigenvalue weighted by atomic mass is 10.2. The molecule has 3 aromatic rings. The topological polar surface area (TPSA) is 97.6 Å². The van der Waals surface area contributed by atoms with E-state index in [1.54, 1.807) is 19.2 Å². The Kier molecular flexibility index (Phi) is 7.15. The summed E-state index contributed by atoms with van der Waals surface area (Å²) in [5.74, 6) is 1.16. The molecule has 1 heterocycles. The molecular weight excluding hydrogens is 384 g/mol. The number of likely N-dealkylation sites (N-methyl/N-ethyl adjacent to an activating group) is 1. The van der Waals surface area contributed by atoms with Crippen LogP contribution in [-0.2, 0) is 16.0 Å². The second-order valence-electron chi connectivity index (χ2n) is 6.63. The van der Waals surface area contributed by atoms with Crippen LogP contribution in [0.5, 0.6) is 5.75 Å². The highest BCUT2D eigenvalue weighted by molar-refractivity contribution is 5.94. The summed E-state index contributed by atoms with van der Waals surface area (Å²) >= 11 is 0. The van der Waals surface area contributed by atoms with Crippen molar-refractivity contribution in [2.75, 3.05) is 25.5 Å². The van der Waals surface area contributed by atoms with Crippen molar-refractivity contribution in [2.24, 2.45) is 0 Å². The van der Waals surface area contributed by atoms with Crippen LogP contribution in [0.2, 0.25) is 0 Å². The van der Waals surface area contributed by atoms with E-state index in [1.807, 2.05) is 49.4 Å². The highest BCUT2D eigenvalue weighted by atomic mass is 16.5. The molecule has 30 heavy (non-hydrogen) atoms. The number of benzene rings is 2. The molecule has 1 aromatic heterocycles. The number of rotatable bonds is 9. The van der Waals surface area contributed by atoms with Crippen LogP contribution in [0, 0.1) is 0 Å². The number of nitrogens with zero attached hydrogens (tertiary/aromatic N) is 3. The first-order chi connectivity index (χ1) is 14.5. The molecule has 0 unspecified atom stereocenters. The standard InChI is InChI=1S/C22H24N4O4/c1-3-29-18-11-9-16(10-12-18)22-24-20(30-25-22)13-14-21(28)26(2)15-19(27)23-17-7-5-4-6-8-17/h4-12H,3,13-15H2,1-2H3,(H,23,27). The normalized spacial score (nSPS) is 10.5. The van der Waals surface area contributed by atoms with Crippen molar-refractivity contribution in [3.63, 3.8) is 0 Å². The maximum atomic E-state index is 12.3. The molecule has 1 N–H and O–H groups in total. The molecule has 0 aliphatic rings. The summed E-state index contributed by atoms with van der Waals surface area (Å²) in [4.78, 5) is 30.1. The van der Waals surface area contributed by atoms with Crippen LogP contribution in [0.25, 0.3) is 11.4 Å². The molecule has 0 spiro atoms. The smallest absolute Gasteiger partial charge is 0.243 e. The molecule has 0 aliphatic heterocycles. The molecule has 0 saturated heterocycles. The van der Waals surface area contributed by atoms with Gasteiger partial charge in [-0.15, -0.1) is 0 Å². The van der Waals surface area contributed by atoms with Crippen molar-refractivity contribution in [3.8, 4) is 17.1 Å². The van der Waals surface area contributed by atoms with Crippen LogP contribution in [0.4, 0.5) is 5.69 Å². The van der Waals surface area contributed by atoms with Crippen LogP contribution in [0.15, 0.2) is 59.1 Å². The zero-order chi connectivity index (χ0) is 21.3. The van der Waals surface area contributed by atoms with Gasteiger partial charge in [0.1, 0.15) is 5.75 Å². The second-order valence-corrected chi connectivity index (χ2v) is 6.63. The molecule has 0 aliphatic carbocycles. The van der Waals surface area contributed by atoms with Crippen LogP contribution in [-0.4, -0.2) is 47.1 Å². The number of carbonyl (C=O) groups excluding carboxylic acids is 2. The van der Waals surface area contributed by atoms with Crippen LogP contribution >= 0.6 is 0 Å². The van der Waals surface area contributed by atoms with E-state index in [0.717, 1.165) is 11.3 Å². The van der Waals surface area contributed by atoms with Gasteiger partial charge in [0.15, 0.2) is 0 Å². The van der Waals surface area contributed by atoms with E-state index in [9.17, 15) is 9.59 Å². The predicted molar refractivity (Wildman–Crippen MR) is 112 cm³/mol. The van der Waals surface area contributed by atoms with E-state index in [1.165, 1.54) is 4.90 Å². The fourth-order valence-electron chi connectivity index (χ4n) is 2.77. The number of carbonyl (C=O) groups is 2. The number of aromatic nitrogens is 2. The third-order valence-electron chi connectivity index (χ3n) is 4.31. The van der Waals surface area contributed by atoms with Crippen molar-refractivity contribution in [2.45, 2.75) is 19.8 Å². The van der Waals surface area contributed by atoms with E-state index in [0.29, 0.717) is 30.4 Å². The molecule has 0 saturated carbocycles. The third-order valence-corrected chi connectivity index (χ3v) is 4.31. The van der Waals surface area contributed by atoms with Gasteiger partial charge < -0.3 is 19.5 Å². The van der Waals surface area contributed by atoms with Gasteiger partial charge >= 0.3 is 0 Å². The van der Waals surface area contributed by atoms with E-state index < -0.39 is 0 Å². The van der Waals surface area contributed by atoms with Gasteiger partial charge in [0, 0.05) is 31.1 Å². The first kappa shape index (κ1) is 21.0. The Morgan fingerprint density at radius 2 is 1.83 bits per heavy atom. The maximum Gasteiger partial charge on any atom is 0.243 e. The zero-order valence-electron chi connectivity index (χ0n) is 17.0. The van der Waals surface area contributed by atoms with Crippen molar-refractivity contribution in [1.29, 1.82) is 0 Å². The summed E-state index contributed by atoms with van der Waals surface area (Å²) in [7, 11) is 1.59. The summed E-state index contributed by atoms with van der Waals surface area (Å²) in [5.41, 5.74) is 1.49. The first-order valence-electron chi connectivity index (χ1n) is 9.70. The number of aryl methyl sites for hydroxylation is 1. The van der Waals surface area contributed by atoms with E-state index in [-0.39, 0.29) is 24.8 Å². The van der Waals surface area contributed by atoms with Crippen molar-refractivity contribution < 1.29 is 18.8 Å². The minimum atomic E-state index is -0.257. The molecule has 2 amide bonds. The van der Waals surface area contributed by atoms with Gasteiger partial charge in [0.25, 0.3) is 0 Å². The average Bonchev–Trinajstić information content (AvgIpc) is 3.22. The minimum absolute atomic E-state index is 0.0327. The number of hydrogen-bond acceptors (Lipinski definition) is 6. The molecule has 2 aromatic carbocycles. The fourth-order valence-corrected chi connectivity index (χ4v) is 2.77. The minimum Gasteiger partial charge on any atom is -0.494 e. The number of amides is 2. The molecule has 8 heteroatoms. The van der Waals surface area contributed by atoms with Crippen molar-refractivity contribution in [3.05, 3.63) is 60.5 Å². The lowest BCUT2D eigenvalue weighted by Crippen LogP contribution is -2.35. The molecular formula is C22H24N4O4. The Labute approximate surface area is 174 Å². The maximum absolute atomic E-state index is 12.3. The van der Waals surface area contributed by atoms with Crippen molar-refractivity contribution in [1.82, 2.24) is 15.0 Å². The second kappa shape index (κ2) is 10.2. The van der Waals surface area contributed by atoms with Crippen LogP contribution in [0.3, 0.4) is 0 Å². The number of anilines is 1. The van der Waals surface area contributed by atoms with Gasteiger partial charge in [-0.3, -0.25) is 9.59 Å². The van der Waals surface area contributed by atoms with Gasteiger partial charge in [-0.25, -0.2) is 0 Å². The van der Waals surface area contributed by atoms with E-state index >= 15 is 0 Å². The zero-order valence-corrected chi connectivity index (χ0v) is 17.0. The lowest BCUT2D eigenvalue weighted by molar-refractivity contribution is -0.133. The third kappa shape index (κ3) is 5.91. The van der Waals surface area contributed by atoms with Gasteiger partial charge in [-0.2, -0.15) is 4.98 Å². The van der Waals surface area contributed by atoms with E-state index in [4.69, 9.17) is 9.26 Å². The summed E-state index contributed by atoms with van der Waals surface area (Å²) < 4.78 is 10.7. The summed E-state index contributed by atoms with van der Waals surface area (Å²) in [6, 6.07) is 16.5. The molecule has 156 valence electrons. The number of ether oxygens (including phenoxy) is 1. The van der Waals surface area contributed by atoms with Gasteiger partial charge in [0.2, 0.25) is 23.5 Å². The van der Waals surface area contributed by atoms with Crippen LogP contribution < -0.4 is 10.1 Å².